The summed E-state index contributed by atoms with van der Waals surface area (Å²) in [5.74, 6) is 3.35. The number of anilines is 2. The van der Waals surface area contributed by atoms with Crippen LogP contribution in [-0.4, -0.2) is 72.4 Å². The Hall–Kier alpha value is -5.11. The summed E-state index contributed by atoms with van der Waals surface area (Å²) in [5, 5.41) is 4.01. The van der Waals surface area contributed by atoms with E-state index in [1.165, 1.54) is 0 Å². The zero-order valence-electron chi connectivity index (χ0n) is 38.9. The SMILES string of the molecule is COc1ccc(CN(Cc2ccc(OC)cc2)c2cc([C@@H]3N[C@H](CO[Si](C)(C)C(C)(C)C)[C@H]4OC(C)(C)O[C@H]43)cnc2N(Cc2ccc(OC)cc2)Cc2ccc(OC)cc2)cc1. The normalized spacial score (nSPS) is 19.3. The Morgan fingerprint density at radius 1 is 0.619 bits per heavy atom. The number of methoxy groups -OCH3 is 4. The Morgan fingerprint density at radius 3 is 1.41 bits per heavy atom. The third-order valence-electron chi connectivity index (χ3n) is 12.7. The first-order chi connectivity index (χ1) is 30.1. The van der Waals surface area contributed by atoms with Crippen molar-refractivity contribution in [1.29, 1.82) is 0 Å². The fourth-order valence-electron chi connectivity index (χ4n) is 8.10. The van der Waals surface area contributed by atoms with Gasteiger partial charge in [0.05, 0.1) is 52.8 Å². The van der Waals surface area contributed by atoms with Gasteiger partial charge >= 0.3 is 0 Å². The maximum Gasteiger partial charge on any atom is 0.192 e. The van der Waals surface area contributed by atoms with E-state index >= 15 is 0 Å². The minimum absolute atomic E-state index is 0.0737. The van der Waals surface area contributed by atoms with Crippen molar-refractivity contribution in [3.8, 4) is 23.0 Å². The molecule has 0 saturated carbocycles. The van der Waals surface area contributed by atoms with Crippen LogP contribution < -0.4 is 34.1 Å². The van der Waals surface area contributed by atoms with E-state index in [2.05, 4.69) is 104 Å². The van der Waals surface area contributed by atoms with Crippen LogP contribution in [0.2, 0.25) is 18.1 Å². The summed E-state index contributed by atoms with van der Waals surface area (Å²) in [6.07, 6.45) is 1.57. The summed E-state index contributed by atoms with van der Waals surface area (Å²) in [6, 6.07) is 35.1. The average Bonchev–Trinajstić information content (AvgIpc) is 3.78. The number of nitrogens with one attached hydrogen (secondary N) is 1. The average molecular weight is 875 g/mol. The molecule has 1 N–H and O–H groups in total. The first-order valence-corrected chi connectivity index (χ1v) is 24.8. The van der Waals surface area contributed by atoms with Crippen LogP contribution in [0.5, 0.6) is 23.0 Å². The third kappa shape index (κ3) is 11.0. The van der Waals surface area contributed by atoms with E-state index in [0.29, 0.717) is 32.8 Å². The largest absolute Gasteiger partial charge is 0.497 e. The Bertz CT molecular complexity index is 2150. The molecular formula is C51H66N4O7Si. The van der Waals surface area contributed by atoms with Crippen LogP contribution in [0.4, 0.5) is 11.5 Å². The molecule has 0 radical (unpaired) electrons. The lowest BCUT2D eigenvalue weighted by Gasteiger charge is -2.37. The smallest absolute Gasteiger partial charge is 0.192 e. The van der Waals surface area contributed by atoms with E-state index < -0.39 is 14.1 Å². The number of rotatable bonds is 18. The quantitative estimate of drug-likeness (QED) is 0.0853. The topological polar surface area (TPSA) is 96.0 Å². The molecule has 3 heterocycles. The number of pyridine rings is 1. The Balaban J connectivity index is 1.36. The van der Waals surface area contributed by atoms with E-state index in [-0.39, 0.29) is 29.3 Å². The number of ether oxygens (including phenoxy) is 6. The lowest BCUT2D eigenvalue weighted by molar-refractivity contribution is -0.157. The lowest BCUT2D eigenvalue weighted by atomic mass is 10.0. The molecule has 7 rings (SSSR count). The predicted octanol–water partition coefficient (Wildman–Crippen LogP) is 10.1. The standard InChI is InChI=1S/C51H66N4O7Si/c1-50(2,3)63(10,11)60-34-44-47-48(62-51(4,5)61-47)46(53-44)39-28-45(54(30-35-12-20-40(56-6)21-13-35)31-36-14-22-41(57-7)23-15-36)49(52-29-39)55(32-37-16-24-42(58-8)25-17-37)33-38-18-26-43(59-9)27-19-38/h12-29,44,46-48,53H,30-34H2,1-11H3/t44-,46+,47-,48+/m1/s1. The predicted molar refractivity (Wildman–Crippen MR) is 253 cm³/mol. The van der Waals surface area contributed by atoms with Gasteiger partial charge in [-0.05, 0) is 114 Å². The van der Waals surface area contributed by atoms with Gasteiger partial charge in [0.15, 0.2) is 19.9 Å². The van der Waals surface area contributed by atoms with Crippen molar-refractivity contribution >= 4 is 19.8 Å². The second-order valence-corrected chi connectivity index (χ2v) is 23.4. The van der Waals surface area contributed by atoms with Crippen molar-refractivity contribution in [2.24, 2.45) is 0 Å². The van der Waals surface area contributed by atoms with Crippen LogP contribution in [-0.2, 0) is 40.1 Å². The minimum atomic E-state index is -2.05. The van der Waals surface area contributed by atoms with Crippen LogP contribution in [0.15, 0.2) is 109 Å². The Morgan fingerprint density at radius 2 is 1.02 bits per heavy atom. The van der Waals surface area contributed by atoms with Gasteiger partial charge in [0.1, 0.15) is 35.2 Å². The van der Waals surface area contributed by atoms with Crippen LogP contribution in [0, 0.1) is 0 Å². The highest BCUT2D eigenvalue weighted by molar-refractivity contribution is 6.74. The monoisotopic (exact) mass is 874 g/mol. The Labute approximate surface area is 375 Å². The number of fused-ring (bicyclic) bond motifs is 1. The zero-order chi connectivity index (χ0) is 44.9. The summed E-state index contributed by atoms with van der Waals surface area (Å²) < 4.78 is 42.4. The molecule has 2 saturated heterocycles. The van der Waals surface area contributed by atoms with E-state index in [4.69, 9.17) is 37.8 Å². The molecule has 11 nitrogen and oxygen atoms in total. The summed E-state index contributed by atoms with van der Waals surface area (Å²) >= 11 is 0. The van der Waals surface area contributed by atoms with Gasteiger partial charge in [0, 0.05) is 32.4 Å². The second-order valence-electron chi connectivity index (χ2n) is 18.6. The first-order valence-electron chi connectivity index (χ1n) is 21.9. The summed E-state index contributed by atoms with van der Waals surface area (Å²) in [4.78, 5) is 10.2. The van der Waals surface area contributed by atoms with Crippen molar-refractivity contribution < 1.29 is 32.8 Å². The molecule has 2 aliphatic heterocycles. The van der Waals surface area contributed by atoms with Gasteiger partial charge in [-0.15, -0.1) is 0 Å². The maximum absolute atomic E-state index is 6.84. The molecular weight excluding hydrogens is 809 g/mol. The number of hydrogen-bond acceptors (Lipinski definition) is 11. The van der Waals surface area contributed by atoms with Gasteiger partial charge in [-0.1, -0.05) is 69.3 Å². The van der Waals surface area contributed by atoms with Crippen molar-refractivity contribution in [1.82, 2.24) is 10.3 Å². The van der Waals surface area contributed by atoms with E-state index in [1.54, 1.807) is 28.4 Å². The molecule has 4 atom stereocenters. The number of benzene rings is 4. The summed E-state index contributed by atoms with van der Waals surface area (Å²) in [7, 11) is 4.72. The molecule has 0 aliphatic carbocycles. The fourth-order valence-corrected chi connectivity index (χ4v) is 9.12. The number of aromatic nitrogens is 1. The van der Waals surface area contributed by atoms with Crippen LogP contribution in [0.3, 0.4) is 0 Å². The van der Waals surface area contributed by atoms with Crippen LogP contribution in [0.1, 0.15) is 68.5 Å². The highest BCUT2D eigenvalue weighted by Gasteiger charge is 2.55. The molecule has 1 aromatic heterocycles. The number of nitrogens with zero attached hydrogens (tertiary/aromatic N) is 3. The molecule has 12 heteroatoms. The molecule has 0 spiro atoms. The molecule has 0 unspecified atom stereocenters. The zero-order valence-corrected chi connectivity index (χ0v) is 39.9. The van der Waals surface area contributed by atoms with Gasteiger partial charge in [0.2, 0.25) is 0 Å². The van der Waals surface area contributed by atoms with Crippen molar-refractivity contribution in [2.75, 3.05) is 44.8 Å². The van der Waals surface area contributed by atoms with Crippen molar-refractivity contribution in [3.63, 3.8) is 0 Å². The molecule has 2 fully saturated rings. The molecule has 336 valence electrons. The van der Waals surface area contributed by atoms with Gasteiger partial charge in [-0.3, -0.25) is 0 Å². The highest BCUT2D eigenvalue weighted by atomic mass is 28.4. The number of hydrogen-bond donors (Lipinski definition) is 1. The van der Waals surface area contributed by atoms with Gasteiger partial charge in [0.25, 0.3) is 0 Å². The Kier molecular flexibility index (Phi) is 14.1. The first kappa shape index (κ1) is 45.9. The molecule has 4 aromatic carbocycles. The lowest BCUT2D eigenvalue weighted by Crippen LogP contribution is -2.47. The van der Waals surface area contributed by atoms with E-state index in [9.17, 15) is 0 Å². The second kappa shape index (κ2) is 19.3. The summed E-state index contributed by atoms with van der Waals surface area (Å²) in [6.45, 7) is 18.4. The molecule has 5 aromatic rings. The van der Waals surface area contributed by atoms with E-state index in [0.717, 1.165) is 62.3 Å². The van der Waals surface area contributed by atoms with Crippen molar-refractivity contribution in [3.05, 3.63) is 137 Å². The molecule has 2 aliphatic rings. The van der Waals surface area contributed by atoms with Gasteiger partial charge < -0.3 is 48.0 Å². The molecule has 63 heavy (non-hydrogen) atoms. The van der Waals surface area contributed by atoms with Crippen molar-refractivity contribution in [2.45, 2.75) is 109 Å². The molecule has 0 bridgehead atoms. The van der Waals surface area contributed by atoms with Gasteiger partial charge in [-0.2, -0.15) is 0 Å². The van der Waals surface area contributed by atoms with Gasteiger partial charge in [-0.25, -0.2) is 4.98 Å². The minimum Gasteiger partial charge on any atom is -0.497 e. The van der Waals surface area contributed by atoms with Crippen LogP contribution >= 0.6 is 0 Å². The third-order valence-corrected chi connectivity index (χ3v) is 17.2. The highest BCUT2D eigenvalue weighted by Crippen LogP contribution is 2.45. The molecule has 0 amide bonds. The maximum atomic E-state index is 6.84. The summed E-state index contributed by atoms with van der Waals surface area (Å²) in [5.41, 5.74) is 6.52. The van der Waals surface area contributed by atoms with Crippen LogP contribution in [0.25, 0.3) is 0 Å². The van der Waals surface area contributed by atoms with E-state index in [1.807, 2.05) is 68.6 Å². The fraction of sp³-hybridized carbons (Fsp3) is 0.431.